The fourth-order valence-corrected chi connectivity index (χ4v) is 4.38. The molecule has 0 fully saturated rings. The van der Waals surface area contributed by atoms with Crippen molar-refractivity contribution in [3.8, 4) is 22.8 Å². The number of hydrogen-bond acceptors (Lipinski definition) is 5. The van der Waals surface area contributed by atoms with E-state index in [2.05, 4.69) is 11.9 Å². The fourth-order valence-electron chi connectivity index (χ4n) is 3.54. The molecule has 4 rings (SSSR count). The van der Waals surface area contributed by atoms with Crippen molar-refractivity contribution in [2.24, 2.45) is 0 Å². The van der Waals surface area contributed by atoms with Crippen molar-refractivity contribution in [3.05, 3.63) is 57.9 Å². The molecule has 1 atom stereocenters. The lowest BCUT2D eigenvalue weighted by Crippen LogP contribution is -2.46. The van der Waals surface area contributed by atoms with Gasteiger partial charge >= 0.3 is 0 Å². The Morgan fingerprint density at radius 2 is 2.00 bits per heavy atom. The van der Waals surface area contributed by atoms with Gasteiger partial charge in [-0.1, -0.05) is 12.1 Å². The molecule has 29 heavy (non-hydrogen) atoms. The minimum Gasteiger partial charge on any atom is -0.492 e. The van der Waals surface area contributed by atoms with Crippen LogP contribution in [0.1, 0.15) is 22.4 Å². The molecule has 0 aliphatic carbocycles. The molecule has 1 aliphatic rings. The Bertz CT molecular complexity index is 1060. The Labute approximate surface area is 174 Å². The van der Waals surface area contributed by atoms with E-state index in [9.17, 15) is 4.79 Å². The van der Waals surface area contributed by atoms with Gasteiger partial charge in [-0.05, 0) is 63.6 Å². The van der Waals surface area contributed by atoms with Gasteiger partial charge in [0.25, 0.3) is 5.91 Å². The van der Waals surface area contributed by atoms with Crippen LogP contribution in [0.5, 0.6) is 11.5 Å². The van der Waals surface area contributed by atoms with Crippen molar-refractivity contribution in [1.82, 2.24) is 4.98 Å². The zero-order valence-corrected chi connectivity index (χ0v) is 17.9. The summed E-state index contributed by atoms with van der Waals surface area (Å²) in [4.78, 5) is 20.4. The van der Waals surface area contributed by atoms with Crippen molar-refractivity contribution in [3.63, 3.8) is 0 Å². The Kier molecular flexibility index (Phi) is 5.28. The highest BCUT2D eigenvalue weighted by Crippen LogP contribution is 2.38. The van der Waals surface area contributed by atoms with Crippen LogP contribution in [0.3, 0.4) is 0 Å². The first kappa shape index (κ1) is 19.5. The van der Waals surface area contributed by atoms with E-state index in [1.54, 1.807) is 23.2 Å². The average molecular weight is 409 g/mol. The second-order valence-electron chi connectivity index (χ2n) is 7.24. The molecular weight excluding hydrogens is 384 g/mol. The summed E-state index contributed by atoms with van der Waals surface area (Å²) in [5.41, 5.74) is 3.85. The van der Waals surface area contributed by atoms with Crippen molar-refractivity contribution in [2.45, 2.75) is 33.8 Å². The molecule has 0 saturated carbocycles. The SMILES string of the molecule is Cc1cccc(OCCN2C(=O)C(C)Oc3ccc(-c4nc(C)sc4C)cc32)c1. The molecule has 5 nitrogen and oxygen atoms in total. The molecule has 1 amide bonds. The molecule has 2 aromatic carbocycles. The number of rotatable bonds is 5. The smallest absolute Gasteiger partial charge is 0.267 e. The number of carbonyl (C=O) groups excluding carboxylic acids is 1. The summed E-state index contributed by atoms with van der Waals surface area (Å²) in [7, 11) is 0. The predicted molar refractivity (Wildman–Crippen MR) is 116 cm³/mol. The summed E-state index contributed by atoms with van der Waals surface area (Å²) in [5, 5.41) is 1.03. The van der Waals surface area contributed by atoms with E-state index in [0.29, 0.717) is 18.9 Å². The largest absolute Gasteiger partial charge is 0.492 e. The summed E-state index contributed by atoms with van der Waals surface area (Å²) in [6.07, 6.45) is -0.518. The number of fused-ring (bicyclic) bond motifs is 1. The van der Waals surface area contributed by atoms with E-state index >= 15 is 0 Å². The third-order valence-corrected chi connectivity index (χ3v) is 5.80. The summed E-state index contributed by atoms with van der Waals surface area (Å²) in [5.74, 6) is 1.45. The molecular formula is C23H24N2O3S. The number of benzene rings is 2. The number of ether oxygens (including phenoxy) is 2. The first-order chi connectivity index (χ1) is 13.9. The lowest BCUT2D eigenvalue weighted by molar-refractivity contribution is -0.125. The lowest BCUT2D eigenvalue weighted by atomic mass is 10.1. The molecule has 0 N–H and O–H groups in total. The Hall–Kier alpha value is -2.86. The summed E-state index contributed by atoms with van der Waals surface area (Å²) in [6.45, 7) is 8.73. The maximum absolute atomic E-state index is 12.8. The highest BCUT2D eigenvalue weighted by atomic mass is 32.1. The highest BCUT2D eigenvalue weighted by molar-refractivity contribution is 7.11. The minimum atomic E-state index is -0.518. The van der Waals surface area contributed by atoms with E-state index in [4.69, 9.17) is 9.47 Å². The molecule has 0 bridgehead atoms. The monoisotopic (exact) mass is 408 g/mol. The fraction of sp³-hybridized carbons (Fsp3) is 0.304. The van der Waals surface area contributed by atoms with Crippen molar-refractivity contribution >= 4 is 22.9 Å². The van der Waals surface area contributed by atoms with Crippen LogP contribution < -0.4 is 14.4 Å². The molecule has 0 saturated heterocycles. The summed E-state index contributed by atoms with van der Waals surface area (Å²) >= 11 is 1.67. The Balaban J connectivity index is 1.59. The van der Waals surface area contributed by atoms with Gasteiger partial charge in [0.15, 0.2) is 6.10 Å². The van der Waals surface area contributed by atoms with E-state index in [0.717, 1.165) is 38.1 Å². The lowest BCUT2D eigenvalue weighted by Gasteiger charge is -2.33. The van der Waals surface area contributed by atoms with Gasteiger partial charge in [0.1, 0.15) is 18.1 Å². The second kappa shape index (κ2) is 7.87. The third-order valence-electron chi connectivity index (χ3n) is 4.92. The number of anilines is 1. The number of aromatic nitrogens is 1. The van der Waals surface area contributed by atoms with E-state index < -0.39 is 6.10 Å². The first-order valence-electron chi connectivity index (χ1n) is 9.68. The summed E-state index contributed by atoms with van der Waals surface area (Å²) in [6, 6.07) is 13.8. The molecule has 150 valence electrons. The number of hydrogen-bond donors (Lipinski definition) is 0. The Morgan fingerprint density at radius 1 is 1.17 bits per heavy atom. The van der Waals surface area contributed by atoms with Gasteiger partial charge in [0, 0.05) is 10.4 Å². The van der Waals surface area contributed by atoms with Crippen molar-refractivity contribution < 1.29 is 14.3 Å². The van der Waals surface area contributed by atoms with Gasteiger partial charge in [0.05, 0.1) is 22.9 Å². The van der Waals surface area contributed by atoms with Crippen LogP contribution in [0.15, 0.2) is 42.5 Å². The number of thiazole rings is 1. The van der Waals surface area contributed by atoms with Crippen LogP contribution in [-0.2, 0) is 4.79 Å². The molecule has 0 spiro atoms. The number of nitrogens with zero attached hydrogens (tertiary/aromatic N) is 2. The topological polar surface area (TPSA) is 51.7 Å². The van der Waals surface area contributed by atoms with E-state index in [1.165, 1.54) is 0 Å². The minimum absolute atomic E-state index is 0.0614. The Morgan fingerprint density at radius 3 is 2.72 bits per heavy atom. The predicted octanol–water partition coefficient (Wildman–Crippen LogP) is 4.93. The number of amides is 1. The van der Waals surface area contributed by atoms with E-state index in [-0.39, 0.29) is 5.91 Å². The molecule has 1 aliphatic heterocycles. The van der Waals surface area contributed by atoms with Gasteiger partial charge in [0.2, 0.25) is 0 Å². The molecule has 1 unspecified atom stereocenters. The van der Waals surface area contributed by atoms with Crippen LogP contribution in [0.4, 0.5) is 5.69 Å². The van der Waals surface area contributed by atoms with Gasteiger partial charge in [-0.25, -0.2) is 4.98 Å². The maximum Gasteiger partial charge on any atom is 0.267 e. The van der Waals surface area contributed by atoms with Gasteiger partial charge in [-0.3, -0.25) is 4.79 Å². The molecule has 2 heterocycles. The molecule has 3 aromatic rings. The quantitative estimate of drug-likeness (QED) is 0.601. The first-order valence-corrected chi connectivity index (χ1v) is 10.5. The third kappa shape index (κ3) is 3.98. The molecule has 0 radical (unpaired) electrons. The van der Waals surface area contributed by atoms with Crippen molar-refractivity contribution in [2.75, 3.05) is 18.1 Å². The maximum atomic E-state index is 12.8. The molecule has 6 heteroatoms. The standard InChI is InChI=1S/C23H24N2O3S/c1-14-6-5-7-19(12-14)27-11-10-25-20-13-18(22-16(3)29-17(4)24-22)8-9-21(20)28-15(2)23(25)26/h5-9,12-13,15H,10-11H2,1-4H3. The second-order valence-corrected chi connectivity index (χ2v) is 8.64. The van der Waals surface area contributed by atoms with Crippen LogP contribution in [0.2, 0.25) is 0 Å². The number of carbonyl (C=O) groups is 1. The van der Waals surface area contributed by atoms with E-state index in [1.807, 2.05) is 56.3 Å². The van der Waals surface area contributed by atoms with Crippen LogP contribution in [0, 0.1) is 20.8 Å². The average Bonchev–Trinajstić information content (AvgIpc) is 3.03. The van der Waals surface area contributed by atoms with Crippen LogP contribution in [-0.4, -0.2) is 30.1 Å². The molecule has 1 aromatic heterocycles. The van der Waals surface area contributed by atoms with Crippen LogP contribution in [0.25, 0.3) is 11.3 Å². The zero-order chi connectivity index (χ0) is 20.5. The highest BCUT2D eigenvalue weighted by Gasteiger charge is 2.32. The normalized spacial score (nSPS) is 15.8. The van der Waals surface area contributed by atoms with Gasteiger partial charge < -0.3 is 14.4 Å². The van der Waals surface area contributed by atoms with Crippen LogP contribution >= 0.6 is 11.3 Å². The van der Waals surface area contributed by atoms with Gasteiger partial charge in [-0.2, -0.15) is 0 Å². The number of aryl methyl sites for hydroxylation is 3. The van der Waals surface area contributed by atoms with Crippen molar-refractivity contribution in [1.29, 1.82) is 0 Å². The summed E-state index contributed by atoms with van der Waals surface area (Å²) < 4.78 is 11.7. The van der Waals surface area contributed by atoms with Gasteiger partial charge in [-0.15, -0.1) is 11.3 Å². The zero-order valence-electron chi connectivity index (χ0n) is 17.1.